The summed E-state index contributed by atoms with van der Waals surface area (Å²) in [5, 5.41) is 5.19. The van der Waals surface area contributed by atoms with Crippen molar-refractivity contribution < 1.29 is 32.2 Å². The third-order valence-corrected chi connectivity index (χ3v) is 3.13. The zero-order valence-corrected chi connectivity index (χ0v) is 15.6. The topological polar surface area (TPSA) is 76.7 Å². The lowest BCUT2D eigenvalue weighted by atomic mass is 10.2. The second kappa shape index (κ2) is 10.0. The second-order valence-corrected chi connectivity index (χ2v) is 6.80. The van der Waals surface area contributed by atoms with Gasteiger partial charge in [0, 0.05) is 13.1 Å². The molecule has 6 nitrogen and oxygen atoms in total. The molecule has 2 amide bonds. The molecule has 0 aliphatic heterocycles. The van der Waals surface area contributed by atoms with E-state index in [0.717, 1.165) is 12.1 Å². The minimum atomic E-state index is -4.46. The van der Waals surface area contributed by atoms with Crippen molar-refractivity contribution in [2.75, 3.05) is 19.7 Å². The summed E-state index contributed by atoms with van der Waals surface area (Å²) in [7, 11) is 0. The molecule has 1 rings (SSSR count). The molecule has 0 aromatic heterocycles. The van der Waals surface area contributed by atoms with Crippen LogP contribution < -0.4 is 15.4 Å². The molecular formula is C18H25F3N2O4. The number of carbonyl (C=O) groups excluding carboxylic acids is 2. The molecular weight excluding hydrogens is 365 g/mol. The first kappa shape index (κ1) is 22.6. The van der Waals surface area contributed by atoms with Gasteiger partial charge in [0.05, 0.1) is 5.56 Å². The minimum Gasteiger partial charge on any atom is -0.484 e. The van der Waals surface area contributed by atoms with Crippen LogP contribution in [0.15, 0.2) is 24.3 Å². The van der Waals surface area contributed by atoms with E-state index in [1.807, 2.05) is 0 Å². The van der Waals surface area contributed by atoms with Crippen LogP contribution in [0.5, 0.6) is 5.75 Å². The summed E-state index contributed by atoms with van der Waals surface area (Å²) in [5.41, 5.74) is -1.39. The number of nitrogens with one attached hydrogen (secondary N) is 2. The molecule has 0 saturated heterocycles. The summed E-state index contributed by atoms with van der Waals surface area (Å²) in [6.07, 6.45) is -3.71. The highest BCUT2D eigenvalue weighted by molar-refractivity contribution is 5.77. The van der Waals surface area contributed by atoms with Gasteiger partial charge < -0.3 is 20.1 Å². The molecule has 0 radical (unpaired) electrons. The maximum atomic E-state index is 12.6. The van der Waals surface area contributed by atoms with Crippen LogP contribution in [-0.4, -0.2) is 37.3 Å². The van der Waals surface area contributed by atoms with E-state index in [-0.39, 0.29) is 12.4 Å². The summed E-state index contributed by atoms with van der Waals surface area (Å²) in [5.74, 6) is -0.464. The maximum absolute atomic E-state index is 12.6. The molecule has 0 unspecified atom stereocenters. The Bertz CT molecular complexity index is 628. The number of hydrogen-bond donors (Lipinski definition) is 2. The molecule has 9 heteroatoms. The van der Waals surface area contributed by atoms with E-state index in [4.69, 9.17) is 9.47 Å². The van der Waals surface area contributed by atoms with Crippen LogP contribution >= 0.6 is 0 Å². The summed E-state index contributed by atoms with van der Waals surface area (Å²) < 4.78 is 47.9. The Kier molecular flexibility index (Phi) is 8.39. The number of halogens is 3. The molecule has 0 fully saturated rings. The van der Waals surface area contributed by atoms with Gasteiger partial charge in [-0.3, -0.25) is 4.79 Å². The van der Waals surface area contributed by atoms with Crippen LogP contribution in [0.1, 0.15) is 39.2 Å². The maximum Gasteiger partial charge on any atom is 0.416 e. The SMILES string of the molecule is CC(C)(C)OC(=O)NCCCCNC(=O)COc1cccc(C(F)(F)F)c1. The van der Waals surface area contributed by atoms with Gasteiger partial charge in [0.15, 0.2) is 6.61 Å². The van der Waals surface area contributed by atoms with E-state index in [9.17, 15) is 22.8 Å². The number of amides is 2. The van der Waals surface area contributed by atoms with Gasteiger partial charge in [-0.1, -0.05) is 6.07 Å². The van der Waals surface area contributed by atoms with Crippen LogP contribution in [0.4, 0.5) is 18.0 Å². The van der Waals surface area contributed by atoms with Crippen molar-refractivity contribution in [1.29, 1.82) is 0 Å². The van der Waals surface area contributed by atoms with Crippen LogP contribution in [0.25, 0.3) is 0 Å². The van der Waals surface area contributed by atoms with Crippen molar-refractivity contribution in [3.05, 3.63) is 29.8 Å². The molecule has 0 atom stereocenters. The Morgan fingerprint density at radius 2 is 1.67 bits per heavy atom. The van der Waals surface area contributed by atoms with Gasteiger partial charge in [0.1, 0.15) is 11.4 Å². The fraction of sp³-hybridized carbons (Fsp3) is 0.556. The highest BCUT2D eigenvalue weighted by Gasteiger charge is 2.30. The molecule has 1 aromatic carbocycles. The van der Waals surface area contributed by atoms with Crippen molar-refractivity contribution in [2.24, 2.45) is 0 Å². The number of rotatable bonds is 8. The van der Waals surface area contributed by atoms with Crippen molar-refractivity contribution in [2.45, 2.75) is 45.4 Å². The van der Waals surface area contributed by atoms with Gasteiger partial charge in [0.2, 0.25) is 0 Å². The Labute approximate surface area is 156 Å². The Balaban J connectivity index is 2.17. The van der Waals surface area contributed by atoms with Gasteiger partial charge in [-0.15, -0.1) is 0 Å². The standard InChI is InChI=1S/C18H25F3N2O4/c1-17(2,3)27-16(25)23-10-5-4-9-22-15(24)12-26-14-8-6-7-13(11-14)18(19,20)21/h6-8,11H,4-5,9-10,12H2,1-3H3,(H,22,24)(H,23,25). The second-order valence-electron chi connectivity index (χ2n) is 6.80. The van der Waals surface area contributed by atoms with Gasteiger partial charge >= 0.3 is 12.3 Å². The lowest BCUT2D eigenvalue weighted by molar-refractivity contribution is -0.137. The van der Waals surface area contributed by atoms with Crippen LogP contribution in [-0.2, 0) is 15.7 Å². The fourth-order valence-corrected chi connectivity index (χ4v) is 1.94. The Hall–Kier alpha value is -2.45. The number of ether oxygens (including phenoxy) is 2. The minimum absolute atomic E-state index is 0.0264. The van der Waals surface area contributed by atoms with E-state index < -0.39 is 29.3 Å². The lowest BCUT2D eigenvalue weighted by Crippen LogP contribution is -2.33. The summed E-state index contributed by atoms with van der Waals surface area (Å²) >= 11 is 0. The van der Waals surface area contributed by atoms with E-state index >= 15 is 0 Å². The summed E-state index contributed by atoms with van der Waals surface area (Å²) in [4.78, 5) is 23.1. The highest BCUT2D eigenvalue weighted by atomic mass is 19.4. The number of alkyl carbamates (subject to hydrolysis) is 1. The van der Waals surface area contributed by atoms with Crippen molar-refractivity contribution in [1.82, 2.24) is 10.6 Å². The third-order valence-electron chi connectivity index (χ3n) is 3.13. The average Bonchev–Trinajstić information content (AvgIpc) is 2.54. The molecule has 0 saturated carbocycles. The molecule has 0 aliphatic carbocycles. The molecule has 0 aliphatic rings. The van der Waals surface area contributed by atoms with Gasteiger partial charge in [-0.2, -0.15) is 13.2 Å². The predicted molar refractivity (Wildman–Crippen MR) is 93.4 cm³/mol. The number of hydrogen-bond acceptors (Lipinski definition) is 4. The highest BCUT2D eigenvalue weighted by Crippen LogP contribution is 2.31. The summed E-state index contributed by atoms with van der Waals surface area (Å²) in [6.45, 7) is 5.69. The number of benzene rings is 1. The van der Waals surface area contributed by atoms with E-state index in [1.165, 1.54) is 12.1 Å². The van der Waals surface area contributed by atoms with Gasteiger partial charge in [-0.25, -0.2) is 4.79 Å². The molecule has 0 spiro atoms. The zero-order chi connectivity index (χ0) is 20.5. The third kappa shape index (κ3) is 10.3. The first-order valence-corrected chi connectivity index (χ1v) is 8.51. The molecule has 2 N–H and O–H groups in total. The zero-order valence-electron chi connectivity index (χ0n) is 15.6. The smallest absolute Gasteiger partial charge is 0.416 e. The normalized spacial score (nSPS) is 11.6. The lowest BCUT2D eigenvalue weighted by Gasteiger charge is -2.19. The fourth-order valence-electron chi connectivity index (χ4n) is 1.94. The largest absolute Gasteiger partial charge is 0.484 e. The quantitative estimate of drug-likeness (QED) is 0.666. The molecule has 152 valence electrons. The van der Waals surface area contributed by atoms with Crippen LogP contribution in [0, 0.1) is 0 Å². The Morgan fingerprint density at radius 1 is 1.04 bits per heavy atom. The summed E-state index contributed by atoms with van der Waals surface area (Å²) in [6, 6.07) is 4.34. The number of alkyl halides is 3. The number of carbonyl (C=O) groups is 2. The molecule has 0 bridgehead atoms. The van der Waals surface area contributed by atoms with Crippen LogP contribution in [0.2, 0.25) is 0 Å². The first-order valence-electron chi connectivity index (χ1n) is 8.51. The first-order chi connectivity index (χ1) is 12.5. The Morgan fingerprint density at radius 3 is 2.26 bits per heavy atom. The van der Waals surface area contributed by atoms with E-state index in [2.05, 4.69) is 10.6 Å². The van der Waals surface area contributed by atoms with Crippen molar-refractivity contribution in [3.63, 3.8) is 0 Å². The van der Waals surface area contributed by atoms with Crippen molar-refractivity contribution in [3.8, 4) is 5.75 Å². The average molecular weight is 390 g/mol. The van der Waals surface area contributed by atoms with Crippen molar-refractivity contribution >= 4 is 12.0 Å². The monoisotopic (exact) mass is 390 g/mol. The van der Waals surface area contributed by atoms with E-state index in [1.54, 1.807) is 20.8 Å². The molecule has 1 aromatic rings. The number of unbranched alkanes of at least 4 members (excludes halogenated alkanes) is 1. The van der Waals surface area contributed by atoms with E-state index in [0.29, 0.717) is 25.9 Å². The predicted octanol–water partition coefficient (Wildman–Crippen LogP) is 3.51. The molecule has 0 heterocycles. The van der Waals surface area contributed by atoms with Gasteiger partial charge in [0.25, 0.3) is 5.91 Å². The molecule has 27 heavy (non-hydrogen) atoms. The van der Waals surface area contributed by atoms with Gasteiger partial charge in [-0.05, 0) is 51.8 Å². The van der Waals surface area contributed by atoms with Crippen LogP contribution in [0.3, 0.4) is 0 Å².